The molecule has 0 saturated carbocycles. The summed E-state index contributed by atoms with van der Waals surface area (Å²) >= 11 is 0. The van der Waals surface area contributed by atoms with E-state index < -0.39 is 0 Å². The molecular formula is C20H24N2O4. The summed E-state index contributed by atoms with van der Waals surface area (Å²) in [5.74, 6) is 2.69. The number of hydrazine groups is 1. The Bertz CT molecular complexity index is 809. The van der Waals surface area contributed by atoms with E-state index in [1.807, 2.05) is 18.2 Å². The van der Waals surface area contributed by atoms with Crippen LogP contribution in [0.2, 0.25) is 0 Å². The van der Waals surface area contributed by atoms with Crippen molar-refractivity contribution in [3.63, 3.8) is 0 Å². The summed E-state index contributed by atoms with van der Waals surface area (Å²) in [6.45, 7) is 4.00. The summed E-state index contributed by atoms with van der Waals surface area (Å²) in [5.41, 5.74) is 9.63. The van der Waals surface area contributed by atoms with Gasteiger partial charge in [-0.05, 0) is 35.7 Å². The molecular weight excluding hydrogens is 332 g/mol. The summed E-state index contributed by atoms with van der Waals surface area (Å²) in [6.07, 6.45) is 0.839. The van der Waals surface area contributed by atoms with Gasteiger partial charge in [-0.15, -0.1) is 0 Å². The number of aromatic hydroxyl groups is 1. The number of aryl methyl sites for hydroxylation is 1. The lowest BCUT2D eigenvalue weighted by atomic mass is 9.87. The van der Waals surface area contributed by atoms with Crippen molar-refractivity contribution in [2.24, 2.45) is 0 Å². The number of rotatable bonds is 4. The van der Waals surface area contributed by atoms with E-state index in [0.717, 1.165) is 46.9 Å². The molecule has 2 aliphatic heterocycles. The second-order valence-corrected chi connectivity index (χ2v) is 6.59. The zero-order chi connectivity index (χ0) is 18.1. The van der Waals surface area contributed by atoms with Gasteiger partial charge in [-0.25, -0.2) is 5.43 Å². The fraction of sp³-hybridized carbons (Fsp3) is 0.400. The van der Waals surface area contributed by atoms with Crippen molar-refractivity contribution in [2.75, 3.05) is 26.9 Å². The highest BCUT2D eigenvalue weighted by Gasteiger charge is 2.32. The van der Waals surface area contributed by atoms with Crippen LogP contribution in [0.1, 0.15) is 35.6 Å². The Hall–Kier alpha value is -2.44. The minimum Gasteiger partial charge on any atom is -0.507 e. The molecule has 0 aliphatic carbocycles. The predicted molar refractivity (Wildman–Crippen MR) is 98.1 cm³/mol. The number of benzene rings is 2. The molecule has 1 saturated heterocycles. The third kappa shape index (κ3) is 2.95. The van der Waals surface area contributed by atoms with Crippen molar-refractivity contribution >= 4 is 0 Å². The number of phenolic OH excluding ortho intramolecular Hbond substituents is 1. The molecule has 0 aromatic heterocycles. The predicted octanol–water partition coefficient (Wildman–Crippen LogP) is 2.67. The third-order valence-corrected chi connectivity index (χ3v) is 5.12. The highest BCUT2D eigenvalue weighted by atomic mass is 16.6. The Morgan fingerprint density at radius 3 is 2.73 bits per heavy atom. The number of phenols is 1. The van der Waals surface area contributed by atoms with Gasteiger partial charge in [0.15, 0.2) is 11.5 Å². The Morgan fingerprint density at radius 2 is 1.96 bits per heavy atom. The summed E-state index contributed by atoms with van der Waals surface area (Å²) in [5, 5.41) is 10.6. The van der Waals surface area contributed by atoms with Gasteiger partial charge in [-0.2, -0.15) is 0 Å². The van der Waals surface area contributed by atoms with Crippen LogP contribution in [-0.4, -0.2) is 32.0 Å². The molecule has 138 valence electrons. The first kappa shape index (κ1) is 17.0. The molecule has 2 aromatic carbocycles. The SMILES string of the molecule is CCc1cc(C2NNCC2c2ccc3c(c2)OCCO3)c(O)cc1OC. The molecule has 6 heteroatoms. The molecule has 2 aliphatic rings. The molecule has 1 fully saturated rings. The van der Waals surface area contributed by atoms with Crippen LogP contribution in [0.15, 0.2) is 30.3 Å². The summed E-state index contributed by atoms with van der Waals surface area (Å²) < 4.78 is 16.7. The lowest BCUT2D eigenvalue weighted by molar-refractivity contribution is 0.171. The highest BCUT2D eigenvalue weighted by Crippen LogP contribution is 2.42. The highest BCUT2D eigenvalue weighted by molar-refractivity contribution is 5.50. The third-order valence-electron chi connectivity index (χ3n) is 5.12. The van der Waals surface area contributed by atoms with Crippen LogP contribution < -0.4 is 25.1 Å². The lowest BCUT2D eigenvalue weighted by Crippen LogP contribution is -2.25. The molecule has 4 rings (SSSR count). The number of methoxy groups -OCH3 is 1. The van der Waals surface area contributed by atoms with Gasteiger partial charge < -0.3 is 19.3 Å². The average Bonchev–Trinajstić information content (AvgIpc) is 3.16. The van der Waals surface area contributed by atoms with Gasteiger partial charge >= 0.3 is 0 Å². The van der Waals surface area contributed by atoms with Crippen LogP contribution in [0.25, 0.3) is 0 Å². The molecule has 2 aromatic rings. The maximum atomic E-state index is 10.6. The summed E-state index contributed by atoms with van der Waals surface area (Å²) in [7, 11) is 1.63. The van der Waals surface area contributed by atoms with E-state index in [-0.39, 0.29) is 17.7 Å². The topological polar surface area (TPSA) is 72.0 Å². The lowest BCUT2D eigenvalue weighted by Gasteiger charge is -2.24. The van der Waals surface area contributed by atoms with E-state index in [1.165, 1.54) is 0 Å². The van der Waals surface area contributed by atoms with Gasteiger partial charge in [-0.3, -0.25) is 5.43 Å². The van der Waals surface area contributed by atoms with Gasteiger partial charge in [0.1, 0.15) is 24.7 Å². The smallest absolute Gasteiger partial charge is 0.161 e. The van der Waals surface area contributed by atoms with Crippen molar-refractivity contribution in [2.45, 2.75) is 25.3 Å². The van der Waals surface area contributed by atoms with Crippen LogP contribution in [-0.2, 0) is 6.42 Å². The first-order valence-corrected chi connectivity index (χ1v) is 8.99. The molecule has 6 nitrogen and oxygen atoms in total. The Kier molecular flexibility index (Phi) is 4.61. The molecule has 0 bridgehead atoms. The maximum Gasteiger partial charge on any atom is 0.161 e. The minimum atomic E-state index is -0.0474. The summed E-state index contributed by atoms with van der Waals surface area (Å²) in [4.78, 5) is 0. The molecule has 2 unspecified atom stereocenters. The van der Waals surface area contributed by atoms with E-state index in [4.69, 9.17) is 14.2 Å². The molecule has 0 amide bonds. The van der Waals surface area contributed by atoms with E-state index >= 15 is 0 Å². The largest absolute Gasteiger partial charge is 0.507 e. The standard InChI is InChI=1S/C20H24N2O4/c1-3-12-8-14(16(23)10-18(12)24-2)20-15(11-21-22-20)13-4-5-17-19(9-13)26-7-6-25-17/h4-5,8-10,15,20-23H,3,6-7,11H2,1-2H3. The van der Waals surface area contributed by atoms with E-state index in [9.17, 15) is 5.11 Å². The van der Waals surface area contributed by atoms with Gasteiger partial charge in [0.2, 0.25) is 0 Å². The first-order valence-electron chi connectivity index (χ1n) is 8.99. The second-order valence-electron chi connectivity index (χ2n) is 6.59. The van der Waals surface area contributed by atoms with E-state index in [1.54, 1.807) is 13.2 Å². The van der Waals surface area contributed by atoms with Crippen molar-refractivity contribution in [1.82, 2.24) is 10.9 Å². The number of nitrogens with one attached hydrogen (secondary N) is 2. The summed E-state index contributed by atoms with van der Waals surface area (Å²) in [6, 6.07) is 9.76. The fourth-order valence-electron chi connectivity index (χ4n) is 3.74. The van der Waals surface area contributed by atoms with Crippen LogP contribution in [0.3, 0.4) is 0 Å². The molecule has 2 heterocycles. The molecule has 0 radical (unpaired) electrons. The van der Waals surface area contributed by atoms with Gasteiger partial charge in [0.05, 0.1) is 13.2 Å². The number of ether oxygens (including phenoxy) is 3. The first-order chi connectivity index (χ1) is 12.7. The monoisotopic (exact) mass is 356 g/mol. The van der Waals surface area contributed by atoms with Crippen molar-refractivity contribution in [1.29, 1.82) is 0 Å². The zero-order valence-corrected chi connectivity index (χ0v) is 15.0. The Balaban J connectivity index is 1.69. The van der Waals surface area contributed by atoms with Gasteiger partial charge in [-0.1, -0.05) is 13.0 Å². The Labute approximate surface area is 153 Å². The maximum absolute atomic E-state index is 10.6. The average molecular weight is 356 g/mol. The van der Waals surface area contributed by atoms with Gasteiger partial charge in [0.25, 0.3) is 0 Å². The van der Waals surface area contributed by atoms with Gasteiger partial charge in [0, 0.05) is 24.1 Å². The Morgan fingerprint density at radius 1 is 1.15 bits per heavy atom. The number of fused-ring (bicyclic) bond motifs is 1. The van der Waals surface area contributed by atoms with Crippen LogP contribution >= 0.6 is 0 Å². The number of hydrogen-bond acceptors (Lipinski definition) is 6. The fourth-order valence-corrected chi connectivity index (χ4v) is 3.74. The van der Waals surface area contributed by atoms with E-state index in [2.05, 4.69) is 23.8 Å². The van der Waals surface area contributed by atoms with Crippen LogP contribution in [0, 0.1) is 0 Å². The van der Waals surface area contributed by atoms with Crippen LogP contribution in [0.4, 0.5) is 0 Å². The normalized spacial score (nSPS) is 21.6. The van der Waals surface area contributed by atoms with E-state index in [0.29, 0.717) is 13.2 Å². The molecule has 2 atom stereocenters. The second kappa shape index (κ2) is 7.05. The van der Waals surface area contributed by atoms with Crippen LogP contribution in [0.5, 0.6) is 23.0 Å². The quantitative estimate of drug-likeness (QED) is 0.782. The van der Waals surface area contributed by atoms with Crippen molar-refractivity contribution in [3.8, 4) is 23.0 Å². The zero-order valence-electron chi connectivity index (χ0n) is 15.0. The minimum absolute atomic E-state index is 0.0474. The number of hydrogen-bond donors (Lipinski definition) is 3. The molecule has 3 N–H and O–H groups in total. The molecule has 26 heavy (non-hydrogen) atoms. The van der Waals surface area contributed by atoms with Crippen molar-refractivity contribution < 1.29 is 19.3 Å². The molecule has 0 spiro atoms. The van der Waals surface area contributed by atoms with Crippen molar-refractivity contribution in [3.05, 3.63) is 47.0 Å².